The van der Waals surface area contributed by atoms with E-state index < -0.39 is 0 Å². The van der Waals surface area contributed by atoms with Gasteiger partial charge in [0, 0.05) is 15.8 Å². The summed E-state index contributed by atoms with van der Waals surface area (Å²) >= 11 is 5.57. The number of anilines is 1. The summed E-state index contributed by atoms with van der Waals surface area (Å²) in [5, 5.41) is 4.39. The fourth-order valence-electron chi connectivity index (χ4n) is 2.29. The molecule has 0 aliphatic heterocycles. The first-order valence-corrected chi connectivity index (χ1v) is 8.04. The molecule has 0 amide bonds. The molecule has 1 saturated carbocycles. The van der Waals surface area contributed by atoms with Crippen LogP contribution in [-0.4, -0.2) is 22.0 Å². The topological polar surface area (TPSA) is 24.9 Å². The summed E-state index contributed by atoms with van der Waals surface area (Å²) in [6, 6.07) is 4.72. The van der Waals surface area contributed by atoms with Gasteiger partial charge in [0.2, 0.25) is 0 Å². The number of nitrogens with one attached hydrogen (secondary N) is 1. The molecule has 0 bridgehead atoms. The van der Waals surface area contributed by atoms with E-state index in [9.17, 15) is 0 Å². The lowest BCUT2D eigenvalue weighted by atomic mass is 10.2. The monoisotopic (exact) mass is 314 g/mol. The molecule has 1 aliphatic carbocycles. The van der Waals surface area contributed by atoms with Gasteiger partial charge < -0.3 is 5.32 Å². The maximum absolute atomic E-state index is 4.54. The van der Waals surface area contributed by atoms with E-state index in [1.807, 2.05) is 6.92 Å². The quantitative estimate of drug-likeness (QED) is 0.899. The van der Waals surface area contributed by atoms with Crippen molar-refractivity contribution in [1.29, 1.82) is 0 Å². The van der Waals surface area contributed by atoms with E-state index in [1.165, 1.54) is 25.0 Å². The number of thioether (sulfide) groups is 1. The first-order valence-electron chi connectivity index (χ1n) is 6.20. The van der Waals surface area contributed by atoms with Gasteiger partial charge in [0.25, 0.3) is 0 Å². The molecule has 2 atom stereocenters. The van der Waals surface area contributed by atoms with Gasteiger partial charge in [-0.15, -0.1) is 0 Å². The second-order valence-electron chi connectivity index (χ2n) is 4.50. The summed E-state index contributed by atoms with van der Waals surface area (Å²) in [5.41, 5.74) is 1.05. The highest BCUT2D eigenvalue weighted by Crippen LogP contribution is 2.31. The molecule has 1 heterocycles. The third-order valence-corrected chi connectivity index (χ3v) is 5.23. The Balaban J connectivity index is 1.91. The zero-order chi connectivity index (χ0) is 12.3. The van der Waals surface area contributed by atoms with E-state index >= 15 is 0 Å². The van der Waals surface area contributed by atoms with Gasteiger partial charge in [-0.1, -0.05) is 6.92 Å². The van der Waals surface area contributed by atoms with Gasteiger partial charge in [-0.2, -0.15) is 11.8 Å². The van der Waals surface area contributed by atoms with Gasteiger partial charge in [0.05, 0.1) is 5.69 Å². The highest BCUT2D eigenvalue weighted by molar-refractivity contribution is 9.10. The number of aryl methyl sites for hydroxylation is 1. The first-order chi connectivity index (χ1) is 8.19. The van der Waals surface area contributed by atoms with Crippen LogP contribution >= 0.6 is 27.7 Å². The Bertz CT molecular complexity index is 384. The van der Waals surface area contributed by atoms with E-state index in [-0.39, 0.29) is 0 Å². The van der Waals surface area contributed by atoms with Gasteiger partial charge in [0.15, 0.2) is 0 Å². The molecule has 2 rings (SSSR count). The van der Waals surface area contributed by atoms with Crippen molar-refractivity contribution in [1.82, 2.24) is 4.98 Å². The van der Waals surface area contributed by atoms with Gasteiger partial charge in [-0.25, -0.2) is 4.98 Å². The number of hydrogen-bond acceptors (Lipinski definition) is 3. The molecule has 4 heteroatoms. The van der Waals surface area contributed by atoms with Crippen LogP contribution in [0.4, 0.5) is 5.82 Å². The molecule has 0 aromatic carbocycles. The average molecular weight is 315 g/mol. The van der Waals surface area contributed by atoms with Crippen molar-refractivity contribution >= 4 is 33.5 Å². The van der Waals surface area contributed by atoms with Crippen molar-refractivity contribution in [2.24, 2.45) is 0 Å². The molecule has 94 valence electrons. The molecular formula is C13H19BrN2S. The zero-order valence-electron chi connectivity index (χ0n) is 10.4. The molecule has 0 radical (unpaired) electrons. The van der Waals surface area contributed by atoms with Crippen molar-refractivity contribution in [3.63, 3.8) is 0 Å². The summed E-state index contributed by atoms with van der Waals surface area (Å²) in [7, 11) is 0. The number of rotatable bonds is 4. The lowest BCUT2D eigenvalue weighted by Gasteiger charge is -2.14. The van der Waals surface area contributed by atoms with Crippen LogP contribution in [-0.2, 0) is 0 Å². The van der Waals surface area contributed by atoms with Crippen LogP contribution in [0.5, 0.6) is 0 Å². The van der Waals surface area contributed by atoms with Crippen molar-refractivity contribution in [3.05, 3.63) is 22.3 Å². The Morgan fingerprint density at radius 1 is 1.47 bits per heavy atom. The minimum Gasteiger partial charge on any atom is -0.367 e. The predicted octanol–water partition coefficient (Wildman–Crippen LogP) is 4.24. The summed E-state index contributed by atoms with van der Waals surface area (Å²) in [6.45, 7) is 4.27. The molecule has 1 aromatic heterocycles. The summed E-state index contributed by atoms with van der Waals surface area (Å²) in [5.74, 6) is 2.24. The number of nitrogens with zero attached hydrogens (tertiary/aromatic N) is 1. The largest absolute Gasteiger partial charge is 0.367 e. The molecule has 17 heavy (non-hydrogen) atoms. The number of halogens is 1. The zero-order valence-corrected chi connectivity index (χ0v) is 12.8. The first kappa shape index (κ1) is 13.2. The van der Waals surface area contributed by atoms with Crippen molar-refractivity contribution in [2.75, 3.05) is 11.1 Å². The molecule has 1 aliphatic rings. The number of pyridine rings is 1. The highest BCUT2D eigenvalue weighted by atomic mass is 79.9. The molecule has 1 fully saturated rings. The van der Waals surface area contributed by atoms with E-state index in [0.29, 0.717) is 6.04 Å². The van der Waals surface area contributed by atoms with Gasteiger partial charge in [-0.05, 0) is 60.0 Å². The molecule has 0 spiro atoms. The smallest absolute Gasteiger partial charge is 0.126 e. The van der Waals surface area contributed by atoms with Gasteiger partial charge in [0.1, 0.15) is 5.82 Å². The standard InChI is InChI=1S/C13H19BrN2S/c1-3-17-11-5-4-10(8-11)16-13-7-6-12(14)9(2)15-13/h6-7,10-11H,3-5,8H2,1-2H3,(H,15,16). The predicted molar refractivity (Wildman–Crippen MR) is 79.9 cm³/mol. The van der Waals surface area contributed by atoms with E-state index in [0.717, 1.165) is 21.2 Å². The van der Waals surface area contributed by atoms with Crippen LogP contribution in [0.25, 0.3) is 0 Å². The molecule has 0 saturated heterocycles. The van der Waals surface area contributed by atoms with Gasteiger partial charge in [-0.3, -0.25) is 0 Å². The fraction of sp³-hybridized carbons (Fsp3) is 0.615. The molecular weight excluding hydrogens is 296 g/mol. The lowest BCUT2D eigenvalue weighted by molar-refractivity contribution is 0.751. The maximum atomic E-state index is 4.54. The molecule has 2 nitrogen and oxygen atoms in total. The summed E-state index contributed by atoms with van der Waals surface area (Å²) < 4.78 is 1.08. The lowest BCUT2D eigenvalue weighted by Crippen LogP contribution is -2.17. The Hall–Kier alpha value is -0.220. The highest BCUT2D eigenvalue weighted by Gasteiger charge is 2.24. The van der Waals surface area contributed by atoms with Crippen LogP contribution in [0.1, 0.15) is 31.9 Å². The third kappa shape index (κ3) is 3.62. The van der Waals surface area contributed by atoms with Crippen LogP contribution in [0, 0.1) is 6.92 Å². The van der Waals surface area contributed by atoms with E-state index in [4.69, 9.17) is 0 Å². The SMILES string of the molecule is CCSC1CCC(Nc2ccc(Br)c(C)n2)C1. The summed E-state index contributed by atoms with van der Waals surface area (Å²) in [4.78, 5) is 4.54. The third-order valence-electron chi connectivity index (χ3n) is 3.16. The molecule has 1 aromatic rings. The van der Waals surface area contributed by atoms with E-state index in [2.05, 4.69) is 57.0 Å². The minimum absolute atomic E-state index is 0.604. The van der Waals surface area contributed by atoms with Crippen molar-refractivity contribution in [3.8, 4) is 0 Å². The van der Waals surface area contributed by atoms with Crippen molar-refractivity contribution < 1.29 is 0 Å². The molecule has 1 N–H and O–H groups in total. The second-order valence-corrected chi connectivity index (χ2v) is 6.93. The van der Waals surface area contributed by atoms with Crippen LogP contribution < -0.4 is 5.32 Å². The van der Waals surface area contributed by atoms with Gasteiger partial charge >= 0.3 is 0 Å². The van der Waals surface area contributed by atoms with Crippen LogP contribution in [0.15, 0.2) is 16.6 Å². The van der Waals surface area contributed by atoms with Crippen LogP contribution in [0.2, 0.25) is 0 Å². The normalized spacial score (nSPS) is 23.9. The molecule has 2 unspecified atom stereocenters. The fourth-order valence-corrected chi connectivity index (χ4v) is 3.66. The number of hydrogen-bond donors (Lipinski definition) is 1. The minimum atomic E-state index is 0.604. The Morgan fingerprint density at radius 2 is 2.29 bits per heavy atom. The Labute approximate surface area is 116 Å². The van der Waals surface area contributed by atoms with Crippen LogP contribution in [0.3, 0.4) is 0 Å². The number of aromatic nitrogens is 1. The average Bonchev–Trinajstić information content (AvgIpc) is 2.72. The van der Waals surface area contributed by atoms with E-state index in [1.54, 1.807) is 0 Å². The Morgan fingerprint density at radius 3 is 3.00 bits per heavy atom. The maximum Gasteiger partial charge on any atom is 0.126 e. The summed E-state index contributed by atoms with van der Waals surface area (Å²) in [6.07, 6.45) is 3.88. The second kappa shape index (κ2) is 6.10. The van der Waals surface area contributed by atoms with Crippen molar-refractivity contribution in [2.45, 2.75) is 44.4 Å². The Kier molecular flexibility index (Phi) is 4.74.